The van der Waals surface area contributed by atoms with E-state index in [-0.39, 0.29) is 24.8 Å². The fourth-order valence-corrected chi connectivity index (χ4v) is 4.83. The maximum atomic E-state index is 3.82. The largest absolute Gasteiger partial charge is 1.00 e. The minimum absolute atomic E-state index is 0. The zero-order valence-electron chi connectivity index (χ0n) is 24.5. The van der Waals surface area contributed by atoms with Crippen molar-refractivity contribution >= 4 is 15.4 Å². The minimum atomic E-state index is 0. The second-order valence-electron chi connectivity index (χ2n) is 10.7. The summed E-state index contributed by atoms with van der Waals surface area (Å²) in [5.74, 6) is 0.573. The van der Waals surface area contributed by atoms with Crippen molar-refractivity contribution in [1.82, 2.24) is 0 Å². The third-order valence-corrected chi connectivity index (χ3v) is 8.51. The van der Waals surface area contributed by atoms with Crippen molar-refractivity contribution in [2.24, 2.45) is 11.3 Å². The van der Waals surface area contributed by atoms with Gasteiger partial charge in [0.25, 0.3) is 0 Å². The molecule has 0 aromatic heterocycles. The Balaban J connectivity index is 0.000000308. The number of rotatable bonds is 5. The molecule has 0 saturated carbocycles. The van der Waals surface area contributed by atoms with Gasteiger partial charge in [0.2, 0.25) is 0 Å². The molecule has 208 valence electrons. The van der Waals surface area contributed by atoms with Gasteiger partial charge in [-0.25, -0.2) is 6.08 Å². The van der Waals surface area contributed by atoms with Crippen molar-refractivity contribution in [3.63, 3.8) is 0 Å². The molecule has 0 bridgehead atoms. The summed E-state index contributed by atoms with van der Waals surface area (Å²) in [5.41, 5.74) is 10.7. The van der Waals surface area contributed by atoms with Crippen LogP contribution in [0.1, 0.15) is 75.3 Å². The Morgan fingerprint density at radius 1 is 0.950 bits per heavy atom. The number of allylic oxidation sites excluding steroid dienone is 4. The summed E-state index contributed by atoms with van der Waals surface area (Å²) in [6.45, 7) is 18.8. The van der Waals surface area contributed by atoms with Crippen LogP contribution < -0.4 is 24.8 Å². The maximum Gasteiger partial charge on any atom is -1.00 e. The second kappa shape index (κ2) is 17.0. The fraction of sp³-hybridized carbons (Fsp3) is 0.270. The van der Waals surface area contributed by atoms with Gasteiger partial charge < -0.3 is 24.8 Å². The average Bonchev–Trinajstić information content (AvgIpc) is 3.58. The van der Waals surface area contributed by atoms with E-state index < -0.39 is 0 Å². The molecule has 0 heterocycles. The van der Waals surface area contributed by atoms with Gasteiger partial charge in [-0.05, 0) is 12.0 Å². The van der Waals surface area contributed by atoms with Crippen molar-refractivity contribution in [2.45, 2.75) is 53.9 Å². The Hall–Kier alpha value is -2.05. The molecule has 0 aliphatic heterocycles. The second-order valence-corrected chi connectivity index (χ2v) is 12.2. The molecule has 0 amide bonds. The number of hydrogen-bond donors (Lipinski definition) is 0. The summed E-state index contributed by atoms with van der Waals surface area (Å²) in [6.07, 6.45) is 14.9. The van der Waals surface area contributed by atoms with Crippen LogP contribution in [0.2, 0.25) is 0 Å². The standard InChI is InChI=1S/C17H13.C11H17.C9H10.2ClH.Zr/c1-3-12-5-7-14-11-15-8-6-13(4-2)10-17(15)16(14)9-12;1-5-9-6-7-10(8-9)11(2,3)4;1-2-6-9-7-4-3-5-8-9;;;/h3-7,9-10H,1-2,11H2;7-9H,5H2,1-4H3;3-5,7-8H,2H2,1H3;2*1H;/q2*-1;;;;+2/p-2. The van der Waals surface area contributed by atoms with Gasteiger partial charge >= 0.3 is 76.7 Å². The summed E-state index contributed by atoms with van der Waals surface area (Å²) in [6, 6.07) is 24.7. The summed E-state index contributed by atoms with van der Waals surface area (Å²) in [5, 5.41) is 0. The topological polar surface area (TPSA) is 0 Å². The zero-order chi connectivity index (χ0) is 27.7. The van der Waals surface area contributed by atoms with Crippen molar-refractivity contribution in [3.8, 4) is 11.1 Å². The Morgan fingerprint density at radius 3 is 2.12 bits per heavy atom. The Bertz CT molecular complexity index is 1280. The first kappa shape index (κ1) is 36.0. The van der Waals surface area contributed by atoms with Crippen LogP contribution in [0.4, 0.5) is 0 Å². The van der Waals surface area contributed by atoms with Gasteiger partial charge in [-0.1, -0.05) is 87.4 Å². The summed E-state index contributed by atoms with van der Waals surface area (Å²) < 4.78 is 1.55. The van der Waals surface area contributed by atoms with Gasteiger partial charge in [0.1, 0.15) is 0 Å². The summed E-state index contributed by atoms with van der Waals surface area (Å²) in [4.78, 5) is 0. The molecule has 2 aliphatic rings. The molecule has 3 heteroatoms. The molecular weight excluding hydrogens is 607 g/mol. The molecule has 1 unspecified atom stereocenters. The molecule has 40 heavy (non-hydrogen) atoms. The van der Waals surface area contributed by atoms with Crippen molar-refractivity contribution in [1.29, 1.82) is 0 Å². The summed E-state index contributed by atoms with van der Waals surface area (Å²) >= 11 is 1.54. The van der Waals surface area contributed by atoms with Crippen LogP contribution in [0.5, 0.6) is 0 Å². The number of halogens is 2. The third-order valence-electron chi connectivity index (χ3n) is 6.93. The van der Waals surface area contributed by atoms with E-state index >= 15 is 0 Å². The Kier molecular flexibility index (Phi) is 15.3. The van der Waals surface area contributed by atoms with Gasteiger partial charge in [0.15, 0.2) is 0 Å². The van der Waals surface area contributed by atoms with Crippen LogP contribution in [0.3, 0.4) is 0 Å². The van der Waals surface area contributed by atoms with Gasteiger partial charge in [-0.15, -0.1) is 23.8 Å². The van der Waals surface area contributed by atoms with Crippen LogP contribution in [0, 0.1) is 23.5 Å². The van der Waals surface area contributed by atoms with Gasteiger partial charge in [-0.3, -0.25) is 6.08 Å². The molecule has 0 saturated heterocycles. The average molecular weight is 647 g/mol. The van der Waals surface area contributed by atoms with Crippen LogP contribution in [0.25, 0.3) is 23.3 Å². The Morgan fingerprint density at radius 2 is 1.60 bits per heavy atom. The molecule has 0 N–H and O–H groups in total. The zero-order valence-corrected chi connectivity index (χ0v) is 28.4. The molecular formula is C37H40Cl2Zr-2. The first-order valence-corrected chi connectivity index (χ1v) is 14.8. The SMILES string of the molecule is C=Cc1c[c-]c2c(c1)-c1cc(C=C)ccc1C2.CCC1[C-]=CC(C(C)(C)C)=C1.CC[C](=[Zr+2])c1ccccc1.[Cl-].[Cl-]. The van der Waals surface area contributed by atoms with Crippen LogP contribution in [0.15, 0.2) is 91.5 Å². The van der Waals surface area contributed by atoms with Gasteiger partial charge in [0.05, 0.1) is 0 Å². The van der Waals surface area contributed by atoms with Crippen LogP contribution >= 0.6 is 0 Å². The number of fused-ring (bicyclic) bond motifs is 3. The van der Waals surface area contributed by atoms with Gasteiger partial charge in [0, 0.05) is 0 Å². The van der Waals surface area contributed by atoms with Gasteiger partial charge in [-0.2, -0.15) is 35.4 Å². The van der Waals surface area contributed by atoms with Crippen LogP contribution in [-0.4, -0.2) is 3.21 Å². The van der Waals surface area contributed by atoms with Crippen molar-refractivity contribution in [2.75, 3.05) is 0 Å². The minimum Gasteiger partial charge on any atom is -1.00 e. The predicted octanol–water partition coefficient (Wildman–Crippen LogP) is 3.87. The molecule has 1 atom stereocenters. The van der Waals surface area contributed by atoms with E-state index in [2.05, 4.69) is 127 Å². The quantitative estimate of drug-likeness (QED) is 0.289. The molecule has 0 nitrogen and oxygen atoms in total. The monoisotopic (exact) mass is 644 g/mol. The number of benzene rings is 3. The van der Waals surface area contributed by atoms with E-state index in [0.29, 0.717) is 11.3 Å². The van der Waals surface area contributed by atoms with E-state index in [1.165, 1.54) is 76.0 Å². The third kappa shape index (κ3) is 9.80. The van der Waals surface area contributed by atoms with Crippen molar-refractivity contribution < 1.29 is 49.0 Å². The maximum absolute atomic E-state index is 3.82. The molecule has 0 radical (unpaired) electrons. The normalized spacial score (nSPS) is 14.0. The Labute approximate surface area is 270 Å². The first-order valence-electron chi connectivity index (χ1n) is 13.6. The first-order chi connectivity index (χ1) is 18.2. The predicted molar refractivity (Wildman–Crippen MR) is 164 cm³/mol. The van der Waals surface area contributed by atoms with E-state index in [9.17, 15) is 0 Å². The number of hydrogen-bond acceptors (Lipinski definition) is 0. The molecule has 0 fully saturated rings. The van der Waals surface area contributed by atoms with Crippen molar-refractivity contribution in [3.05, 3.63) is 132 Å². The molecule has 3 aromatic carbocycles. The fourth-order valence-electron chi connectivity index (χ4n) is 4.42. The smallest absolute Gasteiger partial charge is 1.00 e. The van der Waals surface area contributed by atoms with E-state index in [1.54, 1.807) is 3.21 Å². The van der Waals surface area contributed by atoms with E-state index in [1.807, 2.05) is 18.2 Å². The van der Waals surface area contributed by atoms with Crippen LogP contribution in [-0.2, 0) is 30.7 Å². The van der Waals surface area contributed by atoms with E-state index in [4.69, 9.17) is 0 Å². The molecule has 0 spiro atoms. The van der Waals surface area contributed by atoms with E-state index in [0.717, 1.165) is 12.0 Å². The molecule has 3 aromatic rings. The molecule has 5 rings (SSSR count). The summed E-state index contributed by atoms with van der Waals surface area (Å²) in [7, 11) is 0. The molecule has 2 aliphatic carbocycles.